The number of ether oxygens (including phenoxy) is 1. The predicted molar refractivity (Wildman–Crippen MR) is 92.1 cm³/mol. The van der Waals surface area contributed by atoms with Crippen LogP contribution in [0.4, 0.5) is 4.39 Å². The summed E-state index contributed by atoms with van der Waals surface area (Å²) in [6.07, 6.45) is 1.62. The van der Waals surface area contributed by atoms with E-state index in [-0.39, 0.29) is 24.2 Å². The first-order valence-electron chi connectivity index (χ1n) is 7.03. The minimum Gasteiger partial charge on any atom is -0.464 e. The summed E-state index contributed by atoms with van der Waals surface area (Å²) in [5, 5.41) is 0. The van der Waals surface area contributed by atoms with Crippen LogP contribution in [0.25, 0.3) is 6.08 Å². The molecule has 1 aromatic carbocycles. The molecule has 7 heteroatoms. The molecule has 0 atom stereocenters. The van der Waals surface area contributed by atoms with Crippen molar-refractivity contribution in [2.24, 2.45) is 5.92 Å². The summed E-state index contributed by atoms with van der Waals surface area (Å²) in [5.74, 6) is -0.949. The van der Waals surface area contributed by atoms with E-state index in [1.165, 1.54) is 17.0 Å². The normalized spacial score (nSPS) is 16.5. The molecule has 0 aromatic heterocycles. The van der Waals surface area contributed by atoms with Gasteiger partial charge in [-0.25, -0.2) is 4.39 Å². The van der Waals surface area contributed by atoms with E-state index in [1.54, 1.807) is 18.2 Å². The molecule has 1 heterocycles. The maximum Gasteiger partial charge on any atom is 0.326 e. The second-order valence-corrected chi connectivity index (χ2v) is 7.07. The first-order chi connectivity index (χ1) is 10.9. The third-order valence-electron chi connectivity index (χ3n) is 2.91. The van der Waals surface area contributed by atoms with Gasteiger partial charge < -0.3 is 4.74 Å². The number of thioether (sulfide) groups is 1. The number of amides is 1. The van der Waals surface area contributed by atoms with Crippen molar-refractivity contribution in [3.8, 4) is 0 Å². The Morgan fingerprint density at radius 2 is 2.04 bits per heavy atom. The monoisotopic (exact) mass is 353 g/mol. The van der Waals surface area contributed by atoms with Gasteiger partial charge in [0.1, 0.15) is 16.7 Å². The molecular formula is C16H16FNO3S2. The van der Waals surface area contributed by atoms with Gasteiger partial charge in [-0.3, -0.25) is 14.5 Å². The van der Waals surface area contributed by atoms with Gasteiger partial charge in [0.2, 0.25) is 0 Å². The standard InChI is InChI=1S/C16H16FNO3S2/c1-10(2)9-21-14(19)8-18-15(20)13(23-16(18)22)7-11-3-5-12(17)6-4-11/h3-7,10H,8-9H2,1-2H3. The Morgan fingerprint density at radius 3 is 2.65 bits per heavy atom. The number of nitrogens with zero attached hydrogens (tertiary/aromatic N) is 1. The molecule has 0 saturated carbocycles. The number of carbonyl (C=O) groups excluding carboxylic acids is 2. The predicted octanol–water partition coefficient (Wildman–Crippen LogP) is 3.23. The van der Waals surface area contributed by atoms with Crippen molar-refractivity contribution in [1.29, 1.82) is 0 Å². The highest BCUT2D eigenvalue weighted by molar-refractivity contribution is 8.26. The van der Waals surface area contributed by atoms with Gasteiger partial charge in [-0.15, -0.1) is 0 Å². The number of esters is 1. The summed E-state index contributed by atoms with van der Waals surface area (Å²) < 4.78 is 18.3. The van der Waals surface area contributed by atoms with Crippen LogP contribution in [0.5, 0.6) is 0 Å². The number of benzene rings is 1. The van der Waals surface area contributed by atoms with Crippen LogP contribution in [-0.4, -0.2) is 34.2 Å². The van der Waals surface area contributed by atoms with Crippen LogP contribution in [0.3, 0.4) is 0 Å². The smallest absolute Gasteiger partial charge is 0.326 e. The van der Waals surface area contributed by atoms with E-state index in [2.05, 4.69) is 0 Å². The van der Waals surface area contributed by atoms with Crippen LogP contribution in [0.15, 0.2) is 29.2 Å². The summed E-state index contributed by atoms with van der Waals surface area (Å²) in [6, 6.07) is 5.77. The lowest BCUT2D eigenvalue weighted by Gasteiger charge is -2.14. The topological polar surface area (TPSA) is 46.6 Å². The zero-order valence-corrected chi connectivity index (χ0v) is 14.4. The fourth-order valence-corrected chi connectivity index (χ4v) is 3.04. The Hall–Kier alpha value is -1.73. The van der Waals surface area contributed by atoms with Crippen LogP contribution >= 0.6 is 24.0 Å². The average molecular weight is 353 g/mol. The van der Waals surface area contributed by atoms with E-state index in [9.17, 15) is 14.0 Å². The molecule has 1 amide bonds. The molecule has 1 aliphatic rings. The second-order valence-electron chi connectivity index (χ2n) is 5.40. The van der Waals surface area contributed by atoms with E-state index in [1.807, 2.05) is 13.8 Å². The molecule has 122 valence electrons. The van der Waals surface area contributed by atoms with E-state index in [0.717, 1.165) is 11.8 Å². The summed E-state index contributed by atoms with van der Waals surface area (Å²) in [6.45, 7) is 3.97. The van der Waals surface area contributed by atoms with Gasteiger partial charge in [0, 0.05) is 0 Å². The van der Waals surface area contributed by atoms with Gasteiger partial charge in [-0.1, -0.05) is 50.0 Å². The van der Waals surface area contributed by atoms with Crippen molar-refractivity contribution in [3.63, 3.8) is 0 Å². The molecule has 1 aromatic rings. The second kappa shape index (κ2) is 7.70. The van der Waals surface area contributed by atoms with Crippen molar-refractivity contribution in [1.82, 2.24) is 4.90 Å². The zero-order chi connectivity index (χ0) is 17.0. The van der Waals surface area contributed by atoms with Crippen molar-refractivity contribution in [2.45, 2.75) is 13.8 Å². The fourth-order valence-electron chi connectivity index (χ4n) is 1.78. The molecule has 0 unspecified atom stereocenters. The lowest BCUT2D eigenvalue weighted by atomic mass is 10.2. The van der Waals surface area contributed by atoms with Gasteiger partial charge in [0.05, 0.1) is 11.5 Å². The lowest BCUT2D eigenvalue weighted by molar-refractivity contribution is -0.147. The van der Waals surface area contributed by atoms with E-state index < -0.39 is 5.97 Å². The molecule has 23 heavy (non-hydrogen) atoms. The number of hydrogen-bond donors (Lipinski definition) is 0. The number of halogens is 1. The molecular weight excluding hydrogens is 337 g/mol. The summed E-state index contributed by atoms with van der Waals surface area (Å²) in [4.78, 5) is 25.7. The van der Waals surface area contributed by atoms with Gasteiger partial charge in [-0.05, 0) is 29.7 Å². The quantitative estimate of drug-likeness (QED) is 0.462. The molecule has 0 radical (unpaired) electrons. The first kappa shape index (κ1) is 17.6. The number of thiocarbonyl (C=S) groups is 1. The third kappa shape index (κ3) is 4.87. The molecule has 0 bridgehead atoms. The van der Waals surface area contributed by atoms with Crippen LogP contribution in [0.2, 0.25) is 0 Å². The highest BCUT2D eigenvalue weighted by Gasteiger charge is 2.33. The van der Waals surface area contributed by atoms with Gasteiger partial charge in [0.15, 0.2) is 0 Å². The van der Waals surface area contributed by atoms with Gasteiger partial charge >= 0.3 is 5.97 Å². The molecule has 1 aliphatic heterocycles. The Balaban J connectivity index is 2.04. The highest BCUT2D eigenvalue weighted by atomic mass is 32.2. The average Bonchev–Trinajstić information content (AvgIpc) is 2.75. The zero-order valence-electron chi connectivity index (χ0n) is 12.7. The van der Waals surface area contributed by atoms with Crippen molar-refractivity contribution < 1.29 is 18.7 Å². The third-order valence-corrected chi connectivity index (χ3v) is 4.28. The van der Waals surface area contributed by atoms with Crippen LogP contribution < -0.4 is 0 Å². The van der Waals surface area contributed by atoms with Gasteiger partial charge in [-0.2, -0.15) is 0 Å². The fraction of sp³-hybridized carbons (Fsp3) is 0.312. The van der Waals surface area contributed by atoms with Crippen LogP contribution in [0.1, 0.15) is 19.4 Å². The molecule has 0 aliphatic carbocycles. The van der Waals surface area contributed by atoms with Crippen LogP contribution in [0, 0.1) is 11.7 Å². The summed E-state index contributed by atoms with van der Waals surface area (Å²) >= 11 is 6.26. The van der Waals surface area contributed by atoms with E-state index in [4.69, 9.17) is 17.0 Å². The lowest BCUT2D eigenvalue weighted by Crippen LogP contribution is -2.34. The van der Waals surface area contributed by atoms with Gasteiger partial charge in [0.25, 0.3) is 5.91 Å². The molecule has 0 spiro atoms. The van der Waals surface area contributed by atoms with E-state index in [0.29, 0.717) is 21.4 Å². The maximum atomic E-state index is 12.9. The molecule has 0 N–H and O–H groups in total. The van der Waals surface area contributed by atoms with Crippen LogP contribution in [-0.2, 0) is 14.3 Å². The maximum absolute atomic E-state index is 12.9. The Kier molecular flexibility index (Phi) is 5.90. The SMILES string of the molecule is CC(C)COC(=O)CN1C(=O)C(=Cc2ccc(F)cc2)SC1=S. The van der Waals surface area contributed by atoms with E-state index >= 15 is 0 Å². The molecule has 2 rings (SSSR count). The summed E-state index contributed by atoms with van der Waals surface area (Å²) in [7, 11) is 0. The number of carbonyl (C=O) groups is 2. The largest absolute Gasteiger partial charge is 0.464 e. The molecule has 1 saturated heterocycles. The Labute approximate surface area is 143 Å². The summed E-state index contributed by atoms with van der Waals surface area (Å²) in [5.41, 5.74) is 0.689. The van der Waals surface area contributed by atoms with Crippen molar-refractivity contribution in [3.05, 3.63) is 40.6 Å². The molecule has 1 fully saturated rings. The Morgan fingerprint density at radius 1 is 1.39 bits per heavy atom. The van der Waals surface area contributed by atoms with Crippen molar-refractivity contribution >= 4 is 46.3 Å². The minimum atomic E-state index is -0.488. The van der Waals surface area contributed by atoms with Crippen molar-refractivity contribution in [2.75, 3.05) is 13.2 Å². The first-order valence-corrected chi connectivity index (χ1v) is 8.26. The minimum absolute atomic E-state index is 0.196. The highest BCUT2D eigenvalue weighted by Crippen LogP contribution is 2.32. The molecule has 4 nitrogen and oxygen atoms in total. The Bertz CT molecular complexity index is 656. The number of hydrogen-bond acceptors (Lipinski definition) is 5. The number of rotatable bonds is 5.